The van der Waals surface area contributed by atoms with Crippen molar-refractivity contribution in [1.29, 1.82) is 0 Å². The molecule has 162 valence electrons. The van der Waals surface area contributed by atoms with E-state index in [0.717, 1.165) is 25.9 Å². The first kappa shape index (κ1) is 21.3. The number of likely N-dealkylation sites (tertiary alicyclic amines) is 1. The van der Waals surface area contributed by atoms with Crippen LogP contribution in [0.4, 0.5) is 0 Å². The number of nitrogens with zero attached hydrogens (tertiary/aromatic N) is 5. The highest BCUT2D eigenvalue weighted by molar-refractivity contribution is 6.33. The van der Waals surface area contributed by atoms with Gasteiger partial charge in [-0.25, -0.2) is 0 Å². The highest BCUT2D eigenvalue weighted by Gasteiger charge is 2.26. The molecule has 1 atom stereocenters. The van der Waals surface area contributed by atoms with Crippen molar-refractivity contribution in [3.8, 4) is 11.4 Å². The minimum Gasteiger partial charge on any atom is -0.496 e. The zero-order valence-corrected chi connectivity index (χ0v) is 18.3. The van der Waals surface area contributed by atoms with Crippen LogP contribution >= 0.6 is 11.6 Å². The molecule has 0 saturated carbocycles. The molecule has 1 unspecified atom stereocenters. The molecule has 1 aliphatic rings. The van der Waals surface area contributed by atoms with Crippen molar-refractivity contribution >= 4 is 17.5 Å². The zero-order chi connectivity index (χ0) is 21.8. The Morgan fingerprint density at radius 2 is 1.97 bits per heavy atom. The Morgan fingerprint density at radius 1 is 1.23 bits per heavy atom. The number of methoxy groups -OCH3 is 1. The molecule has 1 aliphatic heterocycles. The number of hydrogen-bond donors (Lipinski definition) is 1. The van der Waals surface area contributed by atoms with Gasteiger partial charge in [0.15, 0.2) is 0 Å². The minimum absolute atomic E-state index is 0.106. The predicted molar refractivity (Wildman–Crippen MR) is 118 cm³/mol. The van der Waals surface area contributed by atoms with Gasteiger partial charge in [-0.1, -0.05) is 41.9 Å². The Hall–Kier alpha value is -2.97. The first-order chi connectivity index (χ1) is 15.1. The van der Waals surface area contributed by atoms with E-state index in [9.17, 15) is 4.79 Å². The lowest BCUT2D eigenvalue weighted by Gasteiger charge is -2.36. The van der Waals surface area contributed by atoms with E-state index < -0.39 is 0 Å². The third kappa shape index (κ3) is 4.70. The summed E-state index contributed by atoms with van der Waals surface area (Å²) in [5.41, 5.74) is 2.25. The summed E-state index contributed by atoms with van der Waals surface area (Å²) in [4.78, 5) is 15.4. The molecule has 31 heavy (non-hydrogen) atoms. The van der Waals surface area contributed by atoms with Crippen molar-refractivity contribution in [2.24, 2.45) is 0 Å². The van der Waals surface area contributed by atoms with Gasteiger partial charge in [-0.3, -0.25) is 9.69 Å². The molecule has 2 aromatic carbocycles. The Kier molecular flexibility index (Phi) is 6.48. The maximum atomic E-state index is 13.0. The van der Waals surface area contributed by atoms with E-state index in [4.69, 9.17) is 16.3 Å². The summed E-state index contributed by atoms with van der Waals surface area (Å²) >= 11 is 6.39. The summed E-state index contributed by atoms with van der Waals surface area (Å²) in [6, 6.07) is 14.2. The lowest BCUT2D eigenvalue weighted by molar-refractivity contribution is 0.0893. The van der Waals surface area contributed by atoms with Crippen molar-refractivity contribution in [2.45, 2.75) is 31.8 Å². The number of ether oxygens (including phenoxy) is 1. The van der Waals surface area contributed by atoms with E-state index in [1.807, 2.05) is 6.07 Å². The third-order valence-corrected chi connectivity index (χ3v) is 6.11. The molecule has 1 amide bonds. The fourth-order valence-electron chi connectivity index (χ4n) is 3.97. The fraction of sp³-hybridized carbons (Fsp3) is 0.364. The smallest absolute Gasteiger partial charge is 0.255 e. The standard InChI is InChI=1S/C22H25ClN6O2/c1-15(16-6-4-3-5-7-16)28-10-8-17(9-11-28)25-22(30)18-12-19(23)20(13-21(18)31-2)29-14-24-26-27-29/h3-7,12-15,17H,8-11H2,1-2H3,(H,25,30). The largest absolute Gasteiger partial charge is 0.496 e. The summed E-state index contributed by atoms with van der Waals surface area (Å²) in [7, 11) is 1.52. The quantitative estimate of drug-likeness (QED) is 0.633. The minimum atomic E-state index is -0.198. The molecule has 8 nitrogen and oxygen atoms in total. The van der Waals surface area contributed by atoms with Crippen molar-refractivity contribution in [1.82, 2.24) is 30.4 Å². The van der Waals surface area contributed by atoms with E-state index in [1.165, 1.54) is 23.7 Å². The summed E-state index contributed by atoms with van der Waals surface area (Å²) in [6.07, 6.45) is 3.22. The average molecular weight is 441 g/mol. The number of aromatic nitrogens is 4. The highest BCUT2D eigenvalue weighted by atomic mass is 35.5. The summed E-state index contributed by atoms with van der Waals surface area (Å²) < 4.78 is 6.86. The van der Waals surface area contributed by atoms with Gasteiger partial charge in [-0.2, -0.15) is 4.68 Å². The second-order valence-electron chi connectivity index (χ2n) is 7.63. The number of amides is 1. The number of carbonyl (C=O) groups excluding carboxylic acids is 1. The SMILES string of the molecule is COc1cc(-n2cnnn2)c(Cl)cc1C(=O)NC1CCN(C(C)c2ccccc2)CC1. The second kappa shape index (κ2) is 9.45. The number of nitrogens with one attached hydrogen (secondary N) is 1. The molecule has 0 aliphatic carbocycles. The third-order valence-electron chi connectivity index (χ3n) is 5.80. The van der Waals surface area contributed by atoms with E-state index in [2.05, 4.69) is 56.9 Å². The van der Waals surface area contributed by atoms with E-state index in [0.29, 0.717) is 28.1 Å². The fourth-order valence-corrected chi connectivity index (χ4v) is 4.22. The van der Waals surface area contributed by atoms with Gasteiger partial charge in [0, 0.05) is 31.2 Å². The highest BCUT2D eigenvalue weighted by Crippen LogP contribution is 2.30. The summed E-state index contributed by atoms with van der Waals surface area (Å²) in [5.74, 6) is 0.221. The molecule has 0 spiro atoms. The Bertz CT molecular complexity index is 1020. The molecule has 4 rings (SSSR count). The number of piperidine rings is 1. The molecule has 0 bridgehead atoms. The van der Waals surface area contributed by atoms with Gasteiger partial charge in [-0.15, -0.1) is 5.10 Å². The Balaban J connectivity index is 1.41. The zero-order valence-electron chi connectivity index (χ0n) is 17.5. The van der Waals surface area contributed by atoms with Gasteiger partial charge in [0.2, 0.25) is 0 Å². The molecule has 1 saturated heterocycles. The van der Waals surface area contributed by atoms with E-state index >= 15 is 0 Å². The molecule has 2 heterocycles. The van der Waals surface area contributed by atoms with Crippen LogP contribution in [0, 0.1) is 0 Å². The first-order valence-corrected chi connectivity index (χ1v) is 10.7. The van der Waals surface area contributed by atoms with Crippen LogP contribution in [-0.4, -0.2) is 57.3 Å². The molecular formula is C22H25ClN6O2. The van der Waals surface area contributed by atoms with Crippen LogP contribution in [0.15, 0.2) is 48.8 Å². The van der Waals surface area contributed by atoms with E-state index in [1.54, 1.807) is 12.1 Å². The maximum Gasteiger partial charge on any atom is 0.255 e. The lowest BCUT2D eigenvalue weighted by atomic mass is 10.00. The monoisotopic (exact) mass is 440 g/mol. The molecular weight excluding hydrogens is 416 g/mol. The normalized spacial score (nSPS) is 16.1. The Morgan fingerprint density at radius 3 is 2.61 bits per heavy atom. The maximum absolute atomic E-state index is 13.0. The Labute approximate surface area is 186 Å². The van der Waals surface area contributed by atoms with Crippen molar-refractivity contribution in [2.75, 3.05) is 20.2 Å². The lowest BCUT2D eigenvalue weighted by Crippen LogP contribution is -2.45. The topological polar surface area (TPSA) is 85.2 Å². The summed E-state index contributed by atoms with van der Waals surface area (Å²) in [6.45, 7) is 4.08. The molecule has 0 radical (unpaired) electrons. The van der Waals surface area contributed by atoms with Crippen LogP contribution in [0.2, 0.25) is 5.02 Å². The first-order valence-electron chi connectivity index (χ1n) is 10.3. The van der Waals surface area contributed by atoms with Crippen LogP contribution < -0.4 is 10.1 Å². The number of carbonyl (C=O) groups is 1. The molecule has 9 heteroatoms. The van der Waals surface area contributed by atoms with Crippen LogP contribution in [0.5, 0.6) is 5.75 Å². The van der Waals surface area contributed by atoms with Crippen LogP contribution in [0.1, 0.15) is 41.7 Å². The number of hydrogen-bond acceptors (Lipinski definition) is 6. The van der Waals surface area contributed by atoms with Crippen LogP contribution in [0.25, 0.3) is 5.69 Å². The second-order valence-corrected chi connectivity index (χ2v) is 8.04. The number of tetrazole rings is 1. The number of rotatable bonds is 6. The molecule has 3 aromatic rings. The van der Waals surface area contributed by atoms with Crippen molar-refractivity contribution in [3.63, 3.8) is 0 Å². The van der Waals surface area contributed by atoms with Crippen LogP contribution in [0.3, 0.4) is 0 Å². The van der Waals surface area contributed by atoms with Gasteiger partial charge in [0.25, 0.3) is 5.91 Å². The van der Waals surface area contributed by atoms with Gasteiger partial charge in [-0.05, 0) is 41.8 Å². The average Bonchev–Trinajstić information content (AvgIpc) is 3.34. The van der Waals surface area contributed by atoms with Gasteiger partial charge >= 0.3 is 0 Å². The molecule has 1 N–H and O–H groups in total. The number of benzene rings is 2. The summed E-state index contributed by atoms with van der Waals surface area (Å²) in [5, 5.41) is 14.6. The molecule has 1 aromatic heterocycles. The predicted octanol–water partition coefficient (Wildman–Crippen LogP) is 3.28. The van der Waals surface area contributed by atoms with Crippen LogP contribution in [-0.2, 0) is 0 Å². The number of halogens is 1. The van der Waals surface area contributed by atoms with Crippen molar-refractivity contribution in [3.05, 3.63) is 64.9 Å². The van der Waals surface area contributed by atoms with E-state index in [-0.39, 0.29) is 11.9 Å². The molecule has 1 fully saturated rings. The van der Waals surface area contributed by atoms with Gasteiger partial charge in [0.05, 0.1) is 23.4 Å². The van der Waals surface area contributed by atoms with Gasteiger partial charge in [0.1, 0.15) is 12.1 Å². The van der Waals surface area contributed by atoms with Gasteiger partial charge < -0.3 is 10.1 Å². The van der Waals surface area contributed by atoms with Crippen molar-refractivity contribution < 1.29 is 9.53 Å².